The lowest BCUT2D eigenvalue weighted by Crippen LogP contribution is -2.56. The lowest BCUT2D eigenvalue weighted by atomic mass is 9.66. The van der Waals surface area contributed by atoms with Gasteiger partial charge in [-0.1, -0.05) is 48.9 Å². The summed E-state index contributed by atoms with van der Waals surface area (Å²) in [5, 5.41) is 5.63. The van der Waals surface area contributed by atoms with Gasteiger partial charge in [0.2, 0.25) is 11.8 Å². The summed E-state index contributed by atoms with van der Waals surface area (Å²) in [7, 11) is 0. The number of benzene rings is 2. The number of carbonyl (C=O) groups excluding carboxylic acids is 4. The first kappa shape index (κ1) is 28.1. The number of amides is 5. The maximum atomic E-state index is 13.9. The Labute approximate surface area is 250 Å². The fourth-order valence-electron chi connectivity index (χ4n) is 7.33. The lowest BCUT2D eigenvalue weighted by molar-refractivity contribution is -0.157. The quantitative estimate of drug-likeness (QED) is 0.403. The molecular formula is C32H28F3N5O4. The van der Waals surface area contributed by atoms with E-state index in [0.29, 0.717) is 42.8 Å². The van der Waals surface area contributed by atoms with Crippen LogP contribution in [0.3, 0.4) is 0 Å². The van der Waals surface area contributed by atoms with Crippen LogP contribution in [-0.4, -0.2) is 57.8 Å². The molecule has 44 heavy (non-hydrogen) atoms. The summed E-state index contributed by atoms with van der Waals surface area (Å²) in [5.41, 5.74) is 0.915. The number of hydrogen-bond acceptors (Lipinski definition) is 5. The maximum absolute atomic E-state index is 13.9. The number of rotatable bonds is 6. The van der Waals surface area contributed by atoms with Crippen LogP contribution in [0.25, 0.3) is 0 Å². The van der Waals surface area contributed by atoms with Gasteiger partial charge in [0, 0.05) is 17.4 Å². The Balaban J connectivity index is 1.17. The second-order valence-corrected chi connectivity index (χ2v) is 12.0. The molecule has 3 aromatic rings. The van der Waals surface area contributed by atoms with E-state index in [4.69, 9.17) is 0 Å². The highest BCUT2D eigenvalue weighted by molar-refractivity contribution is 6.10. The van der Waals surface area contributed by atoms with Gasteiger partial charge in [-0.3, -0.25) is 24.2 Å². The van der Waals surface area contributed by atoms with Gasteiger partial charge >= 0.3 is 12.2 Å². The molecule has 12 heteroatoms. The second-order valence-electron chi connectivity index (χ2n) is 12.0. The van der Waals surface area contributed by atoms with Gasteiger partial charge in [-0.25, -0.2) is 9.78 Å². The van der Waals surface area contributed by atoms with Crippen LogP contribution in [0.15, 0.2) is 66.9 Å². The Morgan fingerprint density at radius 3 is 2.45 bits per heavy atom. The molecule has 5 amide bonds. The van der Waals surface area contributed by atoms with Crippen molar-refractivity contribution < 1.29 is 32.3 Å². The normalized spacial score (nSPS) is 24.4. The zero-order valence-corrected chi connectivity index (χ0v) is 23.5. The summed E-state index contributed by atoms with van der Waals surface area (Å²) in [6.07, 6.45) is -0.487. The van der Waals surface area contributed by atoms with Gasteiger partial charge in [0.05, 0.1) is 5.41 Å². The standard InChI is InChI=1S/C32H28F3N5O4/c33-31(34,35)18-39-28(43)32(22-8-4-9-22,21-6-2-1-3-7-21)40(29(39)44)17-25(41)37-23-12-11-19-15-30(16-20(19)14-23)24-10-5-13-36-26(24)38-27(30)42/h1-3,5-7,10-14,22H,4,8-9,15-18H2,(H,37,41)(H,36,38,42)/t30-,32?/m1/s1. The van der Waals surface area contributed by atoms with Crippen LogP contribution >= 0.6 is 0 Å². The Bertz CT molecular complexity index is 1710. The first-order valence-electron chi connectivity index (χ1n) is 14.5. The van der Waals surface area contributed by atoms with E-state index in [1.165, 1.54) is 0 Å². The molecule has 2 N–H and O–H groups in total. The molecule has 2 fully saturated rings. The number of hydrogen-bond donors (Lipinski definition) is 2. The van der Waals surface area contributed by atoms with E-state index in [2.05, 4.69) is 15.6 Å². The Morgan fingerprint density at radius 2 is 1.75 bits per heavy atom. The van der Waals surface area contributed by atoms with Crippen LogP contribution in [0.4, 0.5) is 29.5 Å². The van der Waals surface area contributed by atoms with Crippen LogP contribution in [0.1, 0.15) is 41.5 Å². The van der Waals surface area contributed by atoms with Gasteiger partial charge in [0.15, 0.2) is 5.54 Å². The highest BCUT2D eigenvalue weighted by atomic mass is 19.4. The maximum Gasteiger partial charge on any atom is 0.406 e. The SMILES string of the molecule is O=C(CN1C(=O)N(CC(F)(F)F)C(=O)C1(c1ccccc1)C1CCC1)Nc1ccc2c(c1)C[C@@]1(C2)C(=O)Nc2ncccc21. The average Bonchev–Trinajstić information content (AvgIpc) is 3.54. The molecule has 2 atom stereocenters. The monoisotopic (exact) mass is 603 g/mol. The van der Waals surface area contributed by atoms with Crippen LogP contribution in [0.5, 0.6) is 0 Å². The summed E-state index contributed by atoms with van der Waals surface area (Å²) in [6, 6.07) is 16.1. The number of fused-ring (bicyclic) bond motifs is 3. The number of alkyl halides is 3. The molecule has 0 radical (unpaired) electrons. The van der Waals surface area contributed by atoms with E-state index in [9.17, 15) is 32.3 Å². The van der Waals surface area contributed by atoms with Crippen molar-refractivity contribution in [3.8, 4) is 0 Å². The summed E-state index contributed by atoms with van der Waals surface area (Å²) >= 11 is 0. The number of halogens is 3. The highest BCUT2D eigenvalue weighted by Crippen LogP contribution is 2.51. The van der Waals surface area contributed by atoms with Gasteiger partial charge in [0.25, 0.3) is 5.91 Å². The second kappa shape index (κ2) is 9.90. The average molecular weight is 604 g/mol. The molecule has 1 spiro atoms. The molecule has 1 unspecified atom stereocenters. The predicted octanol–water partition coefficient (Wildman–Crippen LogP) is 4.53. The molecule has 1 aromatic heterocycles. The molecule has 2 aromatic carbocycles. The fourth-order valence-corrected chi connectivity index (χ4v) is 7.33. The zero-order chi connectivity index (χ0) is 30.9. The number of anilines is 2. The molecule has 9 nitrogen and oxygen atoms in total. The third-order valence-electron chi connectivity index (χ3n) is 9.47. The topological polar surface area (TPSA) is 112 Å². The van der Waals surface area contributed by atoms with Crippen molar-refractivity contribution >= 4 is 35.3 Å². The van der Waals surface area contributed by atoms with E-state index in [0.717, 1.165) is 28.0 Å². The van der Waals surface area contributed by atoms with E-state index < -0.39 is 54.0 Å². The van der Waals surface area contributed by atoms with E-state index in [-0.39, 0.29) is 10.8 Å². The van der Waals surface area contributed by atoms with Crippen LogP contribution < -0.4 is 10.6 Å². The van der Waals surface area contributed by atoms with Crippen molar-refractivity contribution in [3.63, 3.8) is 0 Å². The van der Waals surface area contributed by atoms with Gasteiger partial charge in [-0.05, 0) is 66.5 Å². The van der Waals surface area contributed by atoms with Crippen LogP contribution in [0.2, 0.25) is 0 Å². The molecule has 2 aliphatic heterocycles. The Kier molecular flexibility index (Phi) is 6.31. The first-order valence-corrected chi connectivity index (χ1v) is 14.5. The van der Waals surface area contributed by atoms with Gasteiger partial charge in [0.1, 0.15) is 18.9 Å². The number of pyridine rings is 1. The number of imide groups is 1. The number of carbonyl (C=O) groups is 4. The fraction of sp³-hybridized carbons (Fsp3) is 0.344. The number of urea groups is 1. The molecule has 1 saturated carbocycles. The zero-order valence-electron chi connectivity index (χ0n) is 23.5. The highest BCUT2D eigenvalue weighted by Gasteiger charge is 2.64. The van der Waals surface area contributed by atoms with Gasteiger partial charge in [-0.2, -0.15) is 13.2 Å². The van der Waals surface area contributed by atoms with E-state index in [1.54, 1.807) is 54.7 Å². The first-order chi connectivity index (χ1) is 21.0. The van der Waals surface area contributed by atoms with Gasteiger partial charge in [-0.15, -0.1) is 0 Å². The van der Waals surface area contributed by atoms with Crippen molar-refractivity contribution in [1.29, 1.82) is 0 Å². The molecule has 226 valence electrons. The van der Waals surface area contributed by atoms with Crippen molar-refractivity contribution in [1.82, 2.24) is 14.8 Å². The molecule has 4 aliphatic rings. The van der Waals surface area contributed by atoms with Crippen molar-refractivity contribution in [2.75, 3.05) is 23.7 Å². The number of nitrogens with one attached hydrogen (secondary N) is 2. The van der Waals surface area contributed by atoms with Crippen LogP contribution in [-0.2, 0) is 38.2 Å². The predicted molar refractivity (Wildman–Crippen MR) is 152 cm³/mol. The van der Waals surface area contributed by atoms with Crippen molar-refractivity contribution in [2.45, 2.75) is 49.2 Å². The van der Waals surface area contributed by atoms with E-state index in [1.807, 2.05) is 12.1 Å². The minimum Gasteiger partial charge on any atom is -0.325 e. The molecule has 3 heterocycles. The minimum atomic E-state index is -4.81. The Hall–Kier alpha value is -4.74. The van der Waals surface area contributed by atoms with Gasteiger partial charge < -0.3 is 10.6 Å². The number of aromatic nitrogens is 1. The smallest absolute Gasteiger partial charge is 0.325 e. The molecule has 1 saturated heterocycles. The summed E-state index contributed by atoms with van der Waals surface area (Å²) in [6.45, 7) is -2.35. The molecule has 7 rings (SSSR count). The van der Waals surface area contributed by atoms with Crippen molar-refractivity contribution in [3.05, 3.63) is 89.1 Å². The number of nitrogens with zero attached hydrogens (tertiary/aromatic N) is 3. The van der Waals surface area contributed by atoms with Crippen molar-refractivity contribution in [2.24, 2.45) is 5.92 Å². The minimum absolute atomic E-state index is 0.137. The molecule has 0 bridgehead atoms. The summed E-state index contributed by atoms with van der Waals surface area (Å²) < 4.78 is 40.6. The largest absolute Gasteiger partial charge is 0.406 e. The summed E-state index contributed by atoms with van der Waals surface area (Å²) in [5.74, 6) is -1.65. The summed E-state index contributed by atoms with van der Waals surface area (Å²) in [4.78, 5) is 59.5. The third kappa shape index (κ3) is 4.18. The van der Waals surface area contributed by atoms with Crippen LogP contribution in [0, 0.1) is 5.92 Å². The Morgan fingerprint density at radius 1 is 1.00 bits per heavy atom. The third-order valence-corrected chi connectivity index (χ3v) is 9.47. The lowest BCUT2D eigenvalue weighted by Gasteiger charge is -2.45. The molecular weight excluding hydrogens is 575 g/mol. The van der Waals surface area contributed by atoms with E-state index >= 15 is 0 Å². The molecule has 2 aliphatic carbocycles.